The molecule has 1 aromatic carbocycles. The average Bonchev–Trinajstić information content (AvgIpc) is 2.03. The van der Waals surface area contributed by atoms with E-state index in [4.69, 9.17) is 5.14 Å². The lowest BCUT2D eigenvalue weighted by Crippen LogP contribution is -2.32. The first-order valence-corrected chi connectivity index (χ1v) is 6.01. The molecular formula is C7H9IN2O2S. The topological polar surface area (TPSA) is 63.4 Å². The maximum absolute atomic E-state index is 10.9. The van der Waals surface area contributed by atoms with E-state index in [-0.39, 0.29) is 0 Å². The molecule has 72 valence electrons. The Morgan fingerprint density at radius 2 is 1.77 bits per heavy atom. The van der Waals surface area contributed by atoms with Gasteiger partial charge in [0.2, 0.25) is 0 Å². The second-order valence-corrected chi connectivity index (χ2v) is 5.31. The summed E-state index contributed by atoms with van der Waals surface area (Å²) in [4.78, 5) is 0. The molecule has 0 heterocycles. The Morgan fingerprint density at radius 1 is 1.31 bits per heavy atom. The monoisotopic (exact) mass is 312 g/mol. The standard InChI is InChI=1S/C7H9IN2O2S/c1-10(13(9,11)12)7-4-2-6(8)3-5-7/h2-5H,1H3,(H2,9,11,12). The van der Waals surface area contributed by atoms with Gasteiger partial charge in [-0.05, 0) is 46.9 Å². The van der Waals surface area contributed by atoms with Gasteiger partial charge in [-0.1, -0.05) is 0 Å². The molecule has 0 amide bonds. The third-order valence-electron chi connectivity index (χ3n) is 1.57. The summed E-state index contributed by atoms with van der Waals surface area (Å²) in [5.41, 5.74) is 0.558. The molecule has 0 aromatic heterocycles. The second kappa shape index (κ2) is 3.81. The number of hydrogen-bond donors (Lipinski definition) is 1. The van der Waals surface area contributed by atoms with Crippen molar-refractivity contribution in [2.24, 2.45) is 5.14 Å². The summed E-state index contributed by atoms with van der Waals surface area (Å²) in [5.74, 6) is 0. The van der Waals surface area contributed by atoms with Crippen LogP contribution in [0.15, 0.2) is 24.3 Å². The lowest BCUT2D eigenvalue weighted by molar-refractivity contribution is 0.596. The molecule has 0 saturated carbocycles. The maximum atomic E-state index is 10.9. The molecule has 6 heteroatoms. The number of hydrogen-bond acceptors (Lipinski definition) is 2. The van der Waals surface area contributed by atoms with Crippen LogP contribution >= 0.6 is 22.6 Å². The molecule has 0 bridgehead atoms. The molecule has 0 fully saturated rings. The first-order chi connectivity index (χ1) is 5.91. The van der Waals surface area contributed by atoms with Crippen LogP contribution < -0.4 is 9.44 Å². The van der Waals surface area contributed by atoms with Gasteiger partial charge in [0.1, 0.15) is 0 Å². The summed E-state index contributed by atoms with van der Waals surface area (Å²) in [6.45, 7) is 0. The summed E-state index contributed by atoms with van der Waals surface area (Å²) in [5, 5.41) is 4.95. The summed E-state index contributed by atoms with van der Waals surface area (Å²) < 4.78 is 23.9. The van der Waals surface area contributed by atoms with Gasteiger partial charge in [0.15, 0.2) is 0 Å². The lowest BCUT2D eigenvalue weighted by atomic mass is 10.3. The van der Waals surface area contributed by atoms with E-state index in [9.17, 15) is 8.42 Å². The van der Waals surface area contributed by atoms with Gasteiger partial charge in [-0.15, -0.1) is 0 Å². The highest BCUT2D eigenvalue weighted by atomic mass is 127. The van der Waals surface area contributed by atoms with E-state index in [1.54, 1.807) is 12.1 Å². The zero-order valence-corrected chi connectivity index (χ0v) is 9.91. The van der Waals surface area contributed by atoms with Gasteiger partial charge in [-0.3, -0.25) is 4.31 Å². The highest BCUT2D eigenvalue weighted by molar-refractivity contribution is 14.1. The van der Waals surface area contributed by atoms with Crippen LogP contribution in [0.25, 0.3) is 0 Å². The number of rotatable bonds is 2. The van der Waals surface area contributed by atoms with Crippen LogP contribution in [0.5, 0.6) is 0 Å². The van der Waals surface area contributed by atoms with Crippen LogP contribution in [0.1, 0.15) is 0 Å². The van der Waals surface area contributed by atoms with Crippen molar-refractivity contribution in [3.05, 3.63) is 27.8 Å². The summed E-state index contributed by atoms with van der Waals surface area (Å²) in [6.07, 6.45) is 0. The number of anilines is 1. The minimum atomic E-state index is -3.64. The molecule has 0 unspecified atom stereocenters. The maximum Gasteiger partial charge on any atom is 0.298 e. The minimum absolute atomic E-state index is 0.558. The van der Waals surface area contributed by atoms with E-state index >= 15 is 0 Å². The fourth-order valence-corrected chi connectivity index (χ4v) is 1.57. The third-order valence-corrected chi connectivity index (χ3v) is 3.27. The molecule has 0 radical (unpaired) electrons. The van der Waals surface area contributed by atoms with Crippen molar-refractivity contribution in [1.82, 2.24) is 0 Å². The zero-order chi connectivity index (χ0) is 10.1. The SMILES string of the molecule is CN(c1ccc(I)cc1)S(N)(=O)=O. The Labute approximate surface area is 91.1 Å². The highest BCUT2D eigenvalue weighted by Gasteiger charge is 2.11. The van der Waals surface area contributed by atoms with Gasteiger partial charge in [0, 0.05) is 10.6 Å². The highest BCUT2D eigenvalue weighted by Crippen LogP contribution is 2.15. The Hall–Kier alpha value is -0.340. The Balaban J connectivity index is 3.04. The average molecular weight is 312 g/mol. The molecule has 0 aliphatic heterocycles. The second-order valence-electron chi connectivity index (χ2n) is 2.49. The molecule has 1 rings (SSSR count). The van der Waals surface area contributed by atoms with Crippen molar-refractivity contribution in [2.45, 2.75) is 0 Å². The van der Waals surface area contributed by atoms with Crippen molar-refractivity contribution < 1.29 is 8.42 Å². The molecule has 2 N–H and O–H groups in total. The van der Waals surface area contributed by atoms with Crippen LogP contribution in [0, 0.1) is 3.57 Å². The number of nitrogens with two attached hydrogens (primary N) is 1. The summed E-state index contributed by atoms with van der Waals surface area (Å²) >= 11 is 2.14. The van der Waals surface area contributed by atoms with Crippen molar-refractivity contribution >= 4 is 38.5 Å². The third kappa shape index (κ3) is 2.82. The van der Waals surface area contributed by atoms with Crippen LogP contribution in [0.4, 0.5) is 5.69 Å². The van der Waals surface area contributed by atoms with E-state index in [2.05, 4.69) is 22.6 Å². The smallest absolute Gasteiger partial charge is 0.261 e. The minimum Gasteiger partial charge on any atom is -0.261 e. The predicted octanol–water partition coefficient (Wildman–Crippen LogP) is 0.931. The summed E-state index contributed by atoms with van der Waals surface area (Å²) in [6, 6.07) is 7.04. The van der Waals surface area contributed by atoms with Gasteiger partial charge in [0.05, 0.1) is 5.69 Å². The quantitative estimate of drug-likeness (QED) is 0.826. The van der Waals surface area contributed by atoms with E-state index in [0.29, 0.717) is 5.69 Å². The predicted molar refractivity (Wildman–Crippen MR) is 60.7 cm³/mol. The summed E-state index contributed by atoms with van der Waals surface area (Å²) in [7, 11) is -2.22. The van der Waals surface area contributed by atoms with Crippen LogP contribution in [0.2, 0.25) is 0 Å². The van der Waals surface area contributed by atoms with Crippen LogP contribution in [0.3, 0.4) is 0 Å². The molecule has 0 aliphatic carbocycles. The first-order valence-electron chi connectivity index (χ1n) is 3.43. The van der Waals surface area contributed by atoms with E-state index in [1.807, 2.05) is 12.1 Å². The lowest BCUT2D eigenvalue weighted by Gasteiger charge is -2.15. The molecule has 1 aromatic rings. The zero-order valence-electron chi connectivity index (χ0n) is 6.94. The van der Waals surface area contributed by atoms with Gasteiger partial charge in [0.25, 0.3) is 10.2 Å². The fourth-order valence-electron chi connectivity index (χ4n) is 0.798. The van der Waals surface area contributed by atoms with Gasteiger partial charge >= 0.3 is 0 Å². The molecule has 0 spiro atoms. The van der Waals surface area contributed by atoms with Gasteiger partial charge in [-0.25, -0.2) is 5.14 Å². The Bertz CT molecular complexity index is 387. The molecular weight excluding hydrogens is 303 g/mol. The van der Waals surface area contributed by atoms with E-state index in [0.717, 1.165) is 7.88 Å². The van der Waals surface area contributed by atoms with Crippen molar-refractivity contribution in [3.63, 3.8) is 0 Å². The van der Waals surface area contributed by atoms with Crippen LogP contribution in [-0.2, 0) is 10.2 Å². The molecule has 13 heavy (non-hydrogen) atoms. The van der Waals surface area contributed by atoms with Crippen LogP contribution in [-0.4, -0.2) is 15.5 Å². The Morgan fingerprint density at radius 3 is 2.15 bits per heavy atom. The van der Waals surface area contributed by atoms with Crippen molar-refractivity contribution in [3.8, 4) is 0 Å². The first kappa shape index (κ1) is 10.7. The number of nitrogens with zero attached hydrogens (tertiary/aromatic N) is 1. The number of benzene rings is 1. The normalized spacial score (nSPS) is 11.3. The largest absolute Gasteiger partial charge is 0.298 e. The van der Waals surface area contributed by atoms with Crippen molar-refractivity contribution in [2.75, 3.05) is 11.4 Å². The molecule has 0 saturated heterocycles. The van der Waals surface area contributed by atoms with E-state index in [1.165, 1.54) is 7.05 Å². The Kier molecular flexibility index (Phi) is 3.14. The molecule has 0 atom stereocenters. The van der Waals surface area contributed by atoms with Gasteiger partial charge in [-0.2, -0.15) is 8.42 Å². The fraction of sp³-hybridized carbons (Fsp3) is 0.143. The van der Waals surface area contributed by atoms with E-state index < -0.39 is 10.2 Å². The van der Waals surface area contributed by atoms with Gasteiger partial charge < -0.3 is 0 Å². The molecule has 4 nitrogen and oxygen atoms in total. The number of halogens is 1. The molecule has 0 aliphatic rings. The van der Waals surface area contributed by atoms with Crippen molar-refractivity contribution in [1.29, 1.82) is 0 Å².